The first-order chi connectivity index (χ1) is 14.5. The van der Waals surface area contributed by atoms with Gasteiger partial charge in [0.15, 0.2) is 5.78 Å². The van der Waals surface area contributed by atoms with E-state index in [1.54, 1.807) is 36.8 Å². The molecule has 3 aromatic rings. The number of carbonyl (C=O) groups is 2. The van der Waals surface area contributed by atoms with Gasteiger partial charge in [0.05, 0.1) is 0 Å². The third kappa shape index (κ3) is 4.22. The predicted octanol–water partition coefficient (Wildman–Crippen LogP) is 3.03. The van der Waals surface area contributed by atoms with Gasteiger partial charge < -0.3 is 10.2 Å². The highest BCUT2D eigenvalue weighted by molar-refractivity contribution is 5.97. The first kappa shape index (κ1) is 19.8. The van der Waals surface area contributed by atoms with E-state index in [-0.39, 0.29) is 17.6 Å². The predicted molar refractivity (Wildman–Crippen MR) is 114 cm³/mol. The Labute approximate surface area is 175 Å². The summed E-state index contributed by atoms with van der Waals surface area (Å²) in [7, 11) is 0. The molecule has 3 heterocycles. The number of aryl methyl sites for hydroxylation is 1. The van der Waals surface area contributed by atoms with Crippen molar-refractivity contribution in [1.82, 2.24) is 19.5 Å². The third-order valence-corrected chi connectivity index (χ3v) is 5.44. The van der Waals surface area contributed by atoms with E-state index in [0.29, 0.717) is 11.3 Å². The Kier molecular flexibility index (Phi) is 5.56. The van der Waals surface area contributed by atoms with Crippen LogP contribution in [0.3, 0.4) is 0 Å². The van der Waals surface area contributed by atoms with E-state index in [9.17, 15) is 9.59 Å². The van der Waals surface area contributed by atoms with Crippen LogP contribution in [0.4, 0.5) is 11.5 Å². The summed E-state index contributed by atoms with van der Waals surface area (Å²) >= 11 is 0. The minimum Gasteiger partial charge on any atom is -0.356 e. The maximum Gasteiger partial charge on any atom is 0.227 e. The first-order valence-corrected chi connectivity index (χ1v) is 10.0. The molecular weight excluding hydrogens is 380 g/mol. The quantitative estimate of drug-likeness (QED) is 0.657. The Morgan fingerprint density at radius 1 is 1.07 bits per heavy atom. The molecule has 1 fully saturated rings. The van der Waals surface area contributed by atoms with Gasteiger partial charge in [-0.1, -0.05) is 12.1 Å². The van der Waals surface area contributed by atoms with Gasteiger partial charge >= 0.3 is 0 Å². The summed E-state index contributed by atoms with van der Waals surface area (Å²) in [5.74, 6) is 2.40. The van der Waals surface area contributed by atoms with Crippen molar-refractivity contribution in [3.8, 4) is 5.82 Å². The lowest BCUT2D eigenvalue weighted by Gasteiger charge is -2.32. The standard InChI is InChI=1S/C22H24N6O2/c1-15(29)18-4-3-5-19(12-18)26-22(30)17-6-9-27(10-7-17)20-13-21(25-14-24-20)28-11-8-23-16(28)2/h3-5,8,11-14,17H,6-7,9-10H2,1-2H3,(H,26,30). The molecule has 30 heavy (non-hydrogen) atoms. The van der Waals surface area contributed by atoms with Crippen molar-refractivity contribution in [2.24, 2.45) is 5.92 Å². The summed E-state index contributed by atoms with van der Waals surface area (Å²) in [5.41, 5.74) is 1.25. The molecule has 1 amide bonds. The summed E-state index contributed by atoms with van der Waals surface area (Å²) in [4.78, 5) is 39.4. The Morgan fingerprint density at radius 2 is 1.83 bits per heavy atom. The fourth-order valence-electron chi connectivity index (χ4n) is 3.69. The molecular formula is C22H24N6O2. The molecule has 0 aliphatic carbocycles. The third-order valence-electron chi connectivity index (χ3n) is 5.44. The maximum absolute atomic E-state index is 12.7. The Balaban J connectivity index is 1.38. The molecule has 1 aromatic carbocycles. The summed E-state index contributed by atoms with van der Waals surface area (Å²) < 4.78 is 1.92. The van der Waals surface area contributed by atoms with E-state index in [0.717, 1.165) is 43.4 Å². The molecule has 0 saturated carbocycles. The van der Waals surface area contributed by atoms with E-state index in [1.165, 1.54) is 6.92 Å². The molecule has 1 N–H and O–H groups in total. The number of aromatic nitrogens is 4. The highest BCUT2D eigenvalue weighted by atomic mass is 16.2. The molecule has 8 nitrogen and oxygen atoms in total. The number of nitrogens with zero attached hydrogens (tertiary/aromatic N) is 5. The number of anilines is 2. The van der Waals surface area contributed by atoms with Gasteiger partial charge in [0.2, 0.25) is 5.91 Å². The lowest BCUT2D eigenvalue weighted by molar-refractivity contribution is -0.120. The average Bonchev–Trinajstić information content (AvgIpc) is 3.20. The molecule has 8 heteroatoms. The van der Waals surface area contributed by atoms with E-state index in [1.807, 2.05) is 23.8 Å². The van der Waals surface area contributed by atoms with E-state index < -0.39 is 0 Å². The largest absolute Gasteiger partial charge is 0.356 e. The van der Waals surface area contributed by atoms with Crippen molar-refractivity contribution in [2.75, 3.05) is 23.3 Å². The lowest BCUT2D eigenvalue weighted by Crippen LogP contribution is -2.38. The number of carbonyl (C=O) groups excluding carboxylic acids is 2. The van der Waals surface area contributed by atoms with Crippen LogP contribution in [0.25, 0.3) is 5.82 Å². The van der Waals surface area contributed by atoms with Gasteiger partial charge in [-0.15, -0.1) is 0 Å². The van der Waals surface area contributed by atoms with Crippen LogP contribution < -0.4 is 10.2 Å². The Hall–Kier alpha value is -3.55. The minimum absolute atomic E-state index is 0.00670. The number of ketones is 1. The van der Waals surface area contributed by atoms with Gasteiger partial charge in [-0.2, -0.15) is 0 Å². The number of benzene rings is 1. The van der Waals surface area contributed by atoms with Gasteiger partial charge in [-0.05, 0) is 38.8 Å². The van der Waals surface area contributed by atoms with Crippen molar-refractivity contribution in [2.45, 2.75) is 26.7 Å². The summed E-state index contributed by atoms with van der Waals surface area (Å²) in [5, 5.41) is 2.95. The number of hydrogen-bond donors (Lipinski definition) is 1. The highest BCUT2D eigenvalue weighted by Crippen LogP contribution is 2.24. The molecule has 4 rings (SSSR count). The van der Waals surface area contributed by atoms with E-state index in [4.69, 9.17) is 0 Å². The normalized spacial score (nSPS) is 14.5. The van der Waals surface area contributed by atoms with Gasteiger partial charge in [0.25, 0.3) is 0 Å². The van der Waals surface area contributed by atoms with Gasteiger partial charge in [-0.25, -0.2) is 15.0 Å². The van der Waals surface area contributed by atoms with Crippen LogP contribution in [0.5, 0.6) is 0 Å². The SMILES string of the molecule is CC(=O)c1cccc(NC(=O)C2CCN(c3cc(-n4ccnc4C)ncn3)CC2)c1. The van der Waals surface area contributed by atoms with Crippen molar-refractivity contribution < 1.29 is 9.59 Å². The van der Waals surface area contributed by atoms with Crippen molar-refractivity contribution in [3.63, 3.8) is 0 Å². The number of hydrogen-bond acceptors (Lipinski definition) is 6. The monoisotopic (exact) mass is 404 g/mol. The average molecular weight is 404 g/mol. The molecule has 1 saturated heterocycles. The second kappa shape index (κ2) is 8.44. The molecule has 0 bridgehead atoms. The fraction of sp³-hybridized carbons (Fsp3) is 0.318. The van der Waals surface area contributed by atoms with Crippen LogP contribution in [-0.2, 0) is 4.79 Å². The minimum atomic E-state index is -0.0700. The number of piperidine rings is 1. The second-order valence-corrected chi connectivity index (χ2v) is 7.47. The molecule has 1 aliphatic heterocycles. The fourth-order valence-corrected chi connectivity index (χ4v) is 3.69. The van der Waals surface area contributed by atoms with Crippen LogP contribution in [0.15, 0.2) is 49.1 Å². The Morgan fingerprint density at radius 3 is 2.53 bits per heavy atom. The van der Waals surface area contributed by atoms with Gasteiger partial charge in [0.1, 0.15) is 23.8 Å². The zero-order valence-electron chi connectivity index (χ0n) is 17.1. The van der Waals surface area contributed by atoms with Crippen LogP contribution in [0.1, 0.15) is 35.9 Å². The lowest BCUT2D eigenvalue weighted by atomic mass is 9.95. The van der Waals surface area contributed by atoms with Crippen LogP contribution in [0, 0.1) is 12.8 Å². The number of nitrogens with one attached hydrogen (secondary N) is 1. The highest BCUT2D eigenvalue weighted by Gasteiger charge is 2.26. The van der Waals surface area contributed by atoms with Gasteiger partial charge in [0, 0.05) is 48.7 Å². The number of amides is 1. The van der Waals surface area contributed by atoms with Crippen molar-refractivity contribution in [3.05, 3.63) is 60.4 Å². The van der Waals surface area contributed by atoms with E-state index >= 15 is 0 Å². The Bertz CT molecular complexity index is 1070. The van der Waals surface area contributed by atoms with Crippen molar-refractivity contribution >= 4 is 23.2 Å². The molecule has 0 radical (unpaired) electrons. The zero-order chi connectivity index (χ0) is 21.1. The molecule has 0 atom stereocenters. The maximum atomic E-state index is 12.7. The van der Waals surface area contributed by atoms with Crippen molar-refractivity contribution in [1.29, 1.82) is 0 Å². The van der Waals surface area contributed by atoms with Gasteiger partial charge in [-0.3, -0.25) is 14.2 Å². The zero-order valence-corrected chi connectivity index (χ0v) is 17.1. The first-order valence-electron chi connectivity index (χ1n) is 10.0. The van der Waals surface area contributed by atoms with Crippen LogP contribution in [0.2, 0.25) is 0 Å². The summed E-state index contributed by atoms with van der Waals surface area (Å²) in [6.45, 7) is 4.93. The molecule has 0 unspecified atom stereocenters. The summed E-state index contributed by atoms with van der Waals surface area (Å²) in [6.07, 6.45) is 6.65. The summed E-state index contributed by atoms with van der Waals surface area (Å²) in [6, 6.07) is 9.00. The molecule has 0 spiro atoms. The number of rotatable bonds is 5. The smallest absolute Gasteiger partial charge is 0.227 e. The second-order valence-electron chi connectivity index (χ2n) is 7.47. The topological polar surface area (TPSA) is 93.0 Å². The molecule has 2 aromatic heterocycles. The van der Waals surface area contributed by atoms with E-state index in [2.05, 4.69) is 25.2 Å². The number of Topliss-reactive ketones (excluding diaryl/α,β-unsaturated/α-hetero) is 1. The van der Waals surface area contributed by atoms with Crippen LogP contribution in [-0.4, -0.2) is 44.3 Å². The van der Waals surface area contributed by atoms with Crippen LogP contribution >= 0.6 is 0 Å². The molecule has 1 aliphatic rings. The number of imidazole rings is 1. The molecule has 154 valence electrons.